The van der Waals surface area contributed by atoms with Crippen molar-refractivity contribution in [3.8, 4) is 0 Å². The van der Waals surface area contributed by atoms with E-state index in [4.69, 9.17) is 11.6 Å². The van der Waals surface area contributed by atoms with Crippen LogP contribution in [-0.4, -0.2) is 5.88 Å². The fraction of sp³-hybridized carbons (Fsp3) is 0.833. The molecule has 0 fully saturated rings. The molecule has 76 valence electrons. The van der Waals surface area contributed by atoms with Crippen molar-refractivity contribution < 1.29 is 0 Å². The highest BCUT2D eigenvalue weighted by Gasteiger charge is 2.06. The normalized spacial score (nSPS) is 22.1. The lowest BCUT2D eigenvalue weighted by molar-refractivity contribution is 0.474. The van der Waals surface area contributed by atoms with Crippen molar-refractivity contribution in [3.05, 3.63) is 12.2 Å². The number of hydrogen-bond acceptors (Lipinski definition) is 0. The third-order valence-corrected chi connectivity index (χ3v) is 3.08. The van der Waals surface area contributed by atoms with Crippen LogP contribution >= 0.6 is 11.6 Å². The number of hydrogen-bond donors (Lipinski definition) is 0. The minimum Gasteiger partial charge on any atom is -0.127 e. The smallest absolute Gasteiger partial charge is 0.0223 e. The van der Waals surface area contributed by atoms with Gasteiger partial charge < -0.3 is 0 Å². The minimum absolute atomic E-state index is 0.837. The molecule has 0 aromatic rings. The van der Waals surface area contributed by atoms with Crippen molar-refractivity contribution in [2.24, 2.45) is 5.92 Å². The molecule has 1 heteroatoms. The first kappa shape index (κ1) is 11.1. The van der Waals surface area contributed by atoms with Gasteiger partial charge in [0.05, 0.1) is 0 Å². The minimum atomic E-state index is 0.837. The van der Waals surface area contributed by atoms with Crippen LogP contribution in [0.15, 0.2) is 12.2 Å². The second-order valence-corrected chi connectivity index (χ2v) is 4.39. The van der Waals surface area contributed by atoms with Crippen LogP contribution < -0.4 is 0 Å². The van der Waals surface area contributed by atoms with E-state index in [0.29, 0.717) is 0 Å². The molecular weight excluding hydrogens is 180 g/mol. The van der Waals surface area contributed by atoms with Crippen LogP contribution in [0.1, 0.15) is 51.4 Å². The lowest BCUT2D eigenvalue weighted by Gasteiger charge is -2.15. The van der Waals surface area contributed by atoms with Gasteiger partial charge in [-0.1, -0.05) is 31.4 Å². The van der Waals surface area contributed by atoms with E-state index in [0.717, 1.165) is 11.8 Å². The van der Waals surface area contributed by atoms with Crippen LogP contribution in [-0.2, 0) is 0 Å². The highest BCUT2D eigenvalue weighted by molar-refractivity contribution is 6.17. The lowest BCUT2D eigenvalue weighted by atomic mass is 9.91. The Hall–Kier alpha value is 0.0300. The molecule has 1 rings (SSSR count). The van der Waals surface area contributed by atoms with Gasteiger partial charge in [-0.3, -0.25) is 0 Å². The van der Waals surface area contributed by atoms with E-state index >= 15 is 0 Å². The van der Waals surface area contributed by atoms with Crippen LogP contribution in [0, 0.1) is 5.92 Å². The monoisotopic (exact) mass is 200 g/mol. The van der Waals surface area contributed by atoms with Gasteiger partial charge in [0, 0.05) is 5.88 Å². The summed E-state index contributed by atoms with van der Waals surface area (Å²) in [5.74, 6) is 1.73. The summed E-state index contributed by atoms with van der Waals surface area (Å²) in [5.41, 5.74) is 0. The molecule has 1 aliphatic rings. The zero-order valence-corrected chi connectivity index (χ0v) is 9.23. The molecule has 0 radical (unpaired) electrons. The summed E-state index contributed by atoms with van der Waals surface area (Å²) in [6, 6.07) is 0. The summed E-state index contributed by atoms with van der Waals surface area (Å²) in [7, 11) is 0. The molecule has 0 spiro atoms. The molecule has 0 heterocycles. The molecule has 0 saturated carbocycles. The van der Waals surface area contributed by atoms with Gasteiger partial charge in [0.15, 0.2) is 0 Å². The third-order valence-electron chi connectivity index (χ3n) is 2.81. The topological polar surface area (TPSA) is 0 Å². The Bertz CT molecular complexity index is 140. The van der Waals surface area contributed by atoms with Gasteiger partial charge in [0.1, 0.15) is 0 Å². The third kappa shape index (κ3) is 5.36. The first-order valence-corrected chi connectivity index (χ1v) is 6.19. The Labute approximate surface area is 87.4 Å². The molecule has 0 saturated heterocycles. The maximum Gasteiger partial charge on any atom is 0.0223 e. The highest BCUT2D eigenvalue weighted by atomic mass is 35.5. The molecule has 0 aliphatic heterocycles. The summed E-state index contributed by atoms with van der Waals surface area (Å²) in [6.07, 6.45) is 15.6. The SMILES string of the molecule is ClCCCCCCC1C=CCCC1. The van der Waals surface area contributed by atoms with Gasteiger partial charge in [-0.25, -0.2) is 0 Å². The van der Waals surface area contributed by atoms with E-state index in [-0.39, 0.29) is 0 Å². The van der Waals surface area contributed by atoms with Crippen molar-refractivity contribution in [2.45, 2.75) is 51.4 Å². The first-order valence-electron chi connectivity index (χ1n) is 5.66. The van der Waals surface area contributed by atoms with Gasteiger partial charge >= 0.3 is 0 Å². The largest absolute Gasteiger partial charge is 0.127 e. The Morgan fingerprint density at radius 2 is 2.00 bits per heavy atom. The van der Waals surface area contributed by atoms with Crippen molar-refractivity contribution in [1.82, 2.24) is 0 Å². The molecule has 1 atom stereocenters. The quantitative estimate of drug-likeness (QED) is 0.336. The summed E-state index contributed by atoms with van der Waals surface area (Å²) >= 11 is 5.62. The molecule has 1 aliphatic carbocycles. The molecule has 0 aromatic heterocycles. The second kappa shape index (κ2) is 7.44. The fourth-order valence-electron chi connectivity index (χ4n) is 1.98. The van der Waals surface area contributed by atoms with Gasteiger partial charge in [-0.15, -0.1) is 11.6 Å². The van der Waals surface area contributed by atoms with E-state index in [2.05, 4.69) is 12.2 Å². The number of unbranched alkanes of at least 4 members (excludes halogenated alkanes) is 3. The molecule has 0 aromatic carbocycles. The number of halogens is 1. The maximum atomic E-state index is 5.62. The number of alkyl halides is 1. The Morgan fingerprint density at radius 3 is 2.69 bits per heavy atom. The molecule has 0 bridgehead atoms. The standard InChI is InChI=1S/C12H21Cl/c13-11-7-2-1-4-8-12-9-5-3-6-10-12/h5,9,12H,1-4,6-8,10-11H2. The summed E-state index contributed by atoms with van der Waals surface area (Å²) in [4.78, 5) is 0. The van der Waals surface area contributed by atoms with Crippen molar-refractivity contribution in [2.75, 3.05) is 5.88 Å². The lowest BCUT2D eigenvalue weighted by Crippen LogP contribution is -2.00. The number of rotatable bonds is 6. The van der Waals surface area contributed by atoms with E-state index in [1.807, 2.05) is 0 Å². The van der Waals surface area contributed by atoms with Crippen molar-refractivity contribution >= 4 is 11.6 Å². The summed E-state index contributed by atoms with van der Waals surface area (Å²) in [6.45, 7) is 0. The maximum absolute atomic E-state index is 5.62. The van der Waals surface area contributed by atoms with Crippen LogP contribution in [0.3, 0.4) is 0 Å². The van der Waals surface area contributed by atoms with E-state index in [1.54, 1.807) is 0 Å². The molecule has 0 amide bonds. The molecule has 13 heavy (non-hydrogen) atoms. The van der Waals surface area contributed by atoms with Crippen LogP contribution in [0.25, 0.3) is 0 Å². The second-order valence-electron chi connectivity index (χ2n) is 4.01. The first-order chi connectivity index (χ1) is 6.43. The fourth-order valence-corrected chi connectivity index (χ4v) is 2.17. The Kier molecular flexibility index (Phi) is 6.35. The Morgan fingerprint density at radius 1 is 1.15 bits per heavy atom. The van der Waals surface area contributed by atoms with Crippen molar-refractivity contribution in [1.29, 1.82) is 0 Å². The summed E-state index contributed by atoms with van der Waals surface area (Å²) < 4.78 is 0. The predicted molar refractivity (Wildman–Crippen MR) is 60.3 cm³/mol. The molecule has 0 N–H and O–H groups in total. The van der Waals surface area contributed by atoms with E-state index in [9.17, 15) is 0 Å². The Balaban J connectivity index is 1.92. The van der Waals surface area contributed by atoms with Crippen LogP contribution in [0.4, 0.5) is 0 Å². The molecular formula is C12H21Cl. The van der Waals surface area contributed by atoms with Crippen LogP contribution in [0.2, 0.25) is 0 Å². The average molecular weight is 201 g/mol. The number of allylic oxidation sites excluding steroid dienone is 2. The van der Waals surface area contributed by atoms with E-state index < -0.39 is 0 Å². The molecule has 1 unspecified atom stereocenters. The zero-order chi connectivity index (χ0) is 9.36. The zero-order valence-electron chi connectivity index (χ0n) is 8.47. The van der Waals surface area contributed by atoms with Crippen molar-refractivity contribution in [3.63, 3.8) is 0 Å². The van der Waals surface area contributed by atoms with Crippen LogP contribution in [0.5, 0.6) is 0 Å². The average Bonchev–Trinajstić information content (AvgIpc) is 2.19. The van der Waals surface area contributed by atoms with Gasteiger partial charge in [-0.2, -0.15) is 0 Å². The highest BCUT2D eigenvalue weighted by Crippen LogP contribution is 2.22. The summed E-state index contributed by atoms with van der Waals surface area (Å²) in [5, 5.41) is 0. The van der Waals surface area contributed by atoms with Gasteiger partial charge in [-0.05, 0) is 38.0 Å². The van der Waals surface area contributed by atoms with Gasteiger partial charge in [0.25, 0.3) is 0 Å². The van der Waals surface area contributed by atoms with E-state index in [1.165, 1.54) is 51.4 Å². The predicted octanol–water partition coefficient (Wildman–Crippen LogP) is 4.53. The molecule has 0 nitrogen and oxygen atoms in total. The van der Waals surface area contributed by atoms with Gasteiger partial charge in [0.2, 0.25) is 0 Å².